The first-order valence-corrected chi connectivity index (χ1v) is 9.76. The molecule has 2 saturated carbocycles. The van der Waals surface area contributed by atoms with Crippen molar-refractivity contribution in [1.82, 2.24) is 20.2 Å². The number of halogens is 1. The SMILES string of the molecule is CCOC1CC(NC(=NC)NCCCCn2ccnc2C)C12CCC2.I. The van der Waals surface area contributed by atoms with Crippen LogP contribution in [0.15, 0.2) is 17.4 Å². The van der Waals surface area contributed by atoms with Gasteiger partial charge in [-0.2, -0.15) is 0 Å². The van der Waals surface area contributed by atoms with Crippen LogP contribution in [0.25, 0.3) is 0 Å². The summed E-state index contributed by atoms with van der Waals surface area (Å²) < 4.78 is 8.14. The van der Waals surface area contributed by atoms with Gasteiger partial charge in [-0.1, -0.05) is 6.42 Å². The van der Waals surface area contributed by atoms with Gasteiger partial charge in [0, 0.05) is 50.6 Å². The normalized spacial score (nSPS) is 23.7. The van der Waals surface area contributed by atoms with Crippen molar-refractivity contribution in [2.75, 3.05) is 20.2 Å². The molecule has 0 aromatic carbocycles. The van der Waals surface area contributed by atoms with Gasteiger partial charge in [0.2, 0.25) is 0 Å². The third-order valence-electron chi connectivity index (χ3n) is 6.01. The van der Waals surface area contributed by atoms with Crippen LogP contribution in [0.5, 0.6) is 0 Å². The molecule has 0 radical (unpaired) electrons. The summed E-state index contributed by atoms with van der Waals surface area (Å²) in [6, 6.07) is 0.512. The molecule has 0 saturated heterocycles. The quantitative estimate of drug-likeness (QED) is 0.263. The predicted molar refractivity (Wildman–Crippen MR) is 116 cm³/mol. The fourth-order valence-corrected chi connectivity index (χ4v) is 4.25. The van der Waals surface area contributed by atoms with Gasteiger partial charge in [-0.3, -0.25) is 4.99 Å². The smallest absolute Gasteiger partial charge is 0.191 e. The highest BCUT2D eigenvalue weighted by Crippen LogP contribution is 2.57. The lowest BCUT2D eigenvalue weighted by Crippen LogP contribution is -2.68. The summed E-state index contributed by atoms with van der Waals surface area (Å²) in [7, 11) is 1.86. The van der Waals surface area contributed by atoms with Gasteiger partial charge in [-0.05, 0) is 46.0 Å². The topological polar surface area (TPSA) is 63.5 Å². The molecule has 1 spiro atoms. The molecule has 2 aliphatic rings. The fourth-order valence-electron chi connectivity index (χ4n) is 4.25. The second-order valence-electron chi connectivity index (χ2n) is 7.34. The molecule has 2 aliphatic carbocycles. The maximum absolute atomic E-state index is 5.93. The highest BCUT2D eigenvalue weighted by molar-refractivity contribution is 14.0. The number of aryl methyl sites for hydroxylation is 2. The van der Waals surface area contributed by atoms with E-state index in [-0.39, 0.29) is 24.0 Å². The van der Waals surface area contributed by atoms with Crippen LogP contribution in [0.1, 0.15) is 51.3 Å². The lowest BCUT2D eigenvalue weighted by molar-refractivity contribution is -0.168. The third kappa shape index (κ3) is 4.52. The Labute approximate surface area is 174 Å². The maximum Gasteiger partial charge on any atom is 0.191 e. The highest BCUT2D eigenvalue weighted by atomic mass is 127. The van der Waals surface area contributed by atoms with Crippen LogP contribution in [0, 0.1) is 12.3 Å². The van der Waals surface area contributed by atoms with Crippen molar-refractivity contribution < 1.29 is 4.74 Å². The summed E-state index contributed by atoms with van der Waals surface area (Å²) in [6.07, 6.45) is 11.6. The summed E-state index contributed by atoms with van der Waals surface area (Å²) in [4.78, 5) is 8.66. The Hall–Kier alpha value is -0.830. The molecular weight excluding hydrogens is 441 g/mol. The summed E-state index contributed by atoms with van der Waals surface area (Å²) in [5.41, 5.74) is 0.368. The predicted octanol–water partition coefficient (Wildman–Crippen LogP) is 3.10. The number of guanidine groups is 1. The Morgan fingerprint density at radius 3 is 2.81 bits per heavy atom. The van der Waals surface area contributed by atoms with Crippen LogP contribution in [0.3, 0.4) is 0 Å². The van der Waals surface area contributed by atoms with Crippen molar-refractivity contribution in [3.63, 3.8) is 0 Å². The van der Waals surface area contributed by atoms with E-state index in [2.05, 4.69) is 39.0 Å². The van der Waals surface area contributed by atoms with E-state index >= 15 is 0 Å². The Kier molecular flexibility index (Phi) is 8.19. The lowest BCUT2D eigenvalue weighted by Gasteiger charge is -2.61. The summed E-state index contributed by atoms with van der Waals surface area (Å²) in [5, 5.41) is 7.11. The average molecular weight is 475 g/mol. The zero-order valence-corrected chi connectivity index (χ0v) is 18.7. The van der Waals surface area contributed by atoms with Crippen molar-refractivity contribution in [3.8, 4) is 0 Å². The van der Waals surface area contributed by atoms with Gasteiger partial charge in [0.25, 0.3) is 0 Å². The molecule has 7 heteroatoms. The van der Waals surface area contributed by atoms with Crippen molar-refractivity contribution in [3.05, 3.63) is 18.2 Å². The Morgan fingerprint density at radius 2 is 2.23 bits per heavy atom. The molecule has 148 valence electrons. The van der Waals surface area contributed by atoms with Crippen LogP contribution < -0.4 is 10.6 Å². The molecule has 0 amide bonds. The van der Waals surface area contributed by atoms with Crippen LogP contribution in [-0.2, 0) is 11.3 Å². The number of nitrogens with zero attached hydrogens (tertiary/aromatic N) is 3. The molecule has 6 nitrogen and oxygen atoms in total. The van der Waals surface area contributed by atoms with E-state index in [0.717, 1.165) is 50.7 Å². The number of nitrogens with one attached hydrogen (secondary N) is 2. The van der Waals surface area contributed by atoms with Crippen molar-refractivity contribution in [2.45, 2.75) is 71.1 Å². The molecule has 1 aromatic heterocycles. The number of ether oxygens (including phenoxy) is 1. The van der Waals surface area contributed by atoms with Gasteiger partial charge in [-0.15, -0.1) is 24.0 Å². The van der Waals surface area contributed by atoms with Gasteiger partial charge < -0.3 is 19.9 Å². The molecular formula is C19H34IN5O. The number of aliphatic imine (C=N–C) groups is 1. The first-order valence-electron chi connectivity index (χ1n) is 9.76. The highest BCUT2D eigenvalue weighted by Gasteiger charge is 2.59. The lowest BCUT2D eigenvalue weighted by atomic mass is 9.51. The molecule has 1 heterocycles. The summed E-state index contributed by atoms with van der Waals surface area (Å²) >= 11 is 0. The van der Waals surface area contributed by atoms with Crippen LogP contribution in [0.2, 0.25) is 0 Å². The van der Waals surface area contributed by atoms with Crippen molar-refractivity contribution in [1.29, 1.82) is 0 Å². The number of imidazole rings is 1. The molecule has 2 atom stereocenters. The Bertz CT molecular complexity index is 584. The van der Waals surface area contributed by atoms with Crippen molar-refractivity contribution >= 4 is 29.9 Å². The maximum atomic E-state index is 5.93. The average Bonchev–Trinajstić information content (AvgIpc) is 2.95. The second-order valence-corrected chi connectivity index (χ2v) is 7.34. The third-order valence-corrected chi connectivity index (χ3v) is 6.01. The molecule has 2 fully saturated rings. The first-order chi connectivity index (χ1) is 12.2. The Balaban J connectivity index is 0.00000243. The van der Waals surface area contributed by atoms with Gasteiger partial charge in [0.05, 0.1) is 6.10 Å². The summed E-state index contributed by atoms with van der Waals surface area (Å²) in [5.74, 6) is 2.02. The molecule has 3 rings (SSSR count). The van der Waals surface area contributed by atoms with Gasteiger partial charge in [-0.25, -0.2) is 4.98 Å². The fraction of sp³-hybridized carbons (Fsp3) is 0.789. The Morgan fingerprint density at radius 1 is 1.42 bits per heavy atom. The standard InChI is InChI=1S/C19H33N5O.HI/c1-4-25-17-14-16(19(17)8-7-9-19)23-18(20-3)22-10-5-6-12-24-13-11-21-15(24)2;/h11,13,16-17H,4-10,12,14H2,1-3H3,(H2,20,22,23);1H. The number of unbranched alkanes of at least 4 members (excludes halogenated alkanes) is 1. The number of hydrogen-bond donors (Lipinski definition) is 2. The second kappa shape index (κ2) is 9.92. The molecule has 1 aromatic rings. The zero-order valence-electron chi connectivity index (χ0n) is 16.3. The number of hydrogen-bond acceptors (Lipinski definition) is 3. The minimum atomic E-state index is 0. The van der Waals surface area contributed by atoms with Crippen LogP contribution >= 0.6 is 24.0 Å². The molecule has 0 bridgehead atoms. The minimum absolute atomic E-state index is 0. The molecule has 2 N–H and O–H groups in total. The van der Waals surface area contributed by atoms with E-state index in [1.807, 2.05) is 19.4 Å². The van der Waals surface area contributed by atoms with Crippen molar-refractivity contribution in [2.24, 2.45) is 10.4 Å². The molecule has 0 aliphatic heterocycles. The van der Waals surface area contributed by atoms with Crippen LogP contribution in [0.4, 0.5) is 0 Å². The monoisotopic (exact) mass is 475 g/mol. The van der Waals surface area contributed by atoms with E-state index < -0.39 is 0 Å². The van der Waals surface area contributed by atoms with Gasteiger partial charge >= 0.3 is 0 Å². The number of aromatic nitrogens is 2. The zero-order chi connectivity index (χ0) is 17.7. The van der Waals surface area contributed by atoms with E-state index in [4.69, 9.17) is 4.74 Å². The largest absolute Gasteiger partial charge is 0.378 e. The summed E-state index contributed by atoms with van der Waals surface area (Å²) in [6.45, 7) is 6.94. The molecule has 2 unspecified atom stereocenters. The number of rotatable bonds is 8. The van der Waals surface area contributed by atoms with Gasteiger partial charge in [0.1, 0.15) is 5.82 Å². The van der Waals surface area contributed by atoms with Crippen LogP contribution in [-0.4, -0.2) is 47.9 Å². The minimum Gasteiger partial charge on any atom is -0.378 e. The first kappa shape index (κ1) is 21.5. The molecule has 26 heavy (non-hydrogen) atoms. The van der Waals surface area contributed by atoms with E-state index in [9.17, 15) is 0 Å². The van der Waals surface area contributed by atoms with E-state index in [1.54, 1.807) is 0 Å². The van der Waals surface area contributed by atoms with Gasteiger partial charge in [0.15, 0.2) is 5.96 Å². The van der Waals surface area contributed by atoms with E-state index in [1.165, 1.54) is 19.3 Å². The van der Waals surface area contributed by atoms with E-state index in [0.29, 0.717) is 17.6 Å².